The van der Waals surface area contributed by atoms with E-state index in [4.69, 9.17) is 52.1 Å². The molecule has 3 saturated heterocycles. The van der Waals surface area contributed by atoms with Crippen molar-refractivity contribution in [1.29, 1.82) is 0 Å². The Kier molecular flexibility index (Phi) is 13.3. The molecule has 2 atom stereocenters. The van der Waals surface area contributed by atoms with E-state index in [1.54, 1.807) is 54.6 Å². The molecule has 52 heavy (non-hydrogen) atoms. The van der Waals surface area contributed by atoms with E-state index in [1.807, 2.05) is 0 Å². The maximum Gasteiger partial charge on any atom is 0.415 e. The predicted octanol–water partition coefficient (Wildman–Crippen LogP) is 7.62. The highest BCUT2D eigenvalue weighted by atomic mass is 35.5. The first-order chi connectivity index (χ1) is 25.1. The molecule has 14 heteroatoms. The van der Waals surface area contributed by atoms with Crippen molar-refractivity contribution < 1.29 is 42.8 Å². The van der Waals surface area contributed by atoms with Crippen LogP contribution in [0, 0.1) is 11.7 Å². The minimum atomic E-state index is -0.834. The number of rotatable bonds is 11. The number of pyridine rings is 1. The Balaban J connectivity index is 0.00000168. The van der Waals surface area contributed by atoms with Gasteiger partial charge in [-0.1, -0.05) is 53.5 Å². The fraction of sp³-hybridized carbons (Fsp3) is 0.316. The Morgan fingerprint density at radius 1 is 1.00 bits per heavy atom. The van der Waals surface area contributed by atoms with Crippen molar-refractivity contribution in [3.63, 3.8) is 0 Å². The molecule has 3 aromatic carbocycles. The van der Waals surface area contributed by atoms with Crippen LogP contribution in [0.15, 0.2) is 79.1 Å². The van der Waals surface area contributed by atoms with Gasteiger partial charge in [-0.3, -0.25) is 19.6 Å². The highest BCUT2D eigenvalue weighted by Gasteiger charge is 2.38. The molecule has 1 amide bonds. The molecule has 7 rings (SSSR count). The van der Waals surface area contributed by atoms with Crippen LogP contribution in [-0.2, 0) is 27.2 Å². The average Bonchev–Trinajstić information content (AvgIpc) is 3.15. The predicted molar refractivity (Wildman–Crippen MR) is 193 cm³/mol. The Morgan fingerprint density at radius 2 is 1.69 bits per heavy atom. The number of piperidine rings is 3. The smallest absolute Gasteiger partial charge is 0.415 e. The van der Waals surface area contributed by atoms with Crippen molar-refractivity contribution in [3.05, 3.63) is 117 Å². The number of para-hydroxylation sites is 1. The van der Waals surface area contributed by atoms with E-state index in [9.17, 15) is 9.59 Å². The monoisotopic (exact) mass is 753 g/mol. The van der Waals surface area contributed by atoms with E-state index >= 15 is 4.39 Å². The molecule has 3 aliphatic rings. The summed E-state index contributed by atoms with van der Waals surface area (Å²) in [6.07, 6.45) is 3.29. The number of benzene rings is 3. The molecule has 0 saturated carbocycles. The summed E-state index contributed by atoms with van der Waals surface area (Å²) in [6, 6.07) is 18.0. The van der Waals surface area contributed by atoms with Crippen molar-refractivity contribution in [3.8, 4) is 11.5 Å². The molecular formula is C38H38Cl2FN3O8. The second-order valence-corrected chi connectivity index (χ2v) is 13.0. The molecule has 1 unspecified atom stereocenters. The number of anilines is 1. The third-order valence-electron chi connectivity index (χ3n) is 9.09. The van der Waals surface area contributed by atoms with Crippen molar-refractivity contribution in [1.82, 2.24) is 9.88 Å². The van der Waals surface area contributed by atoms with E-state index in [2.05, 4.69) is 9.88 Å². The first-order valence-electron chi connectivity index (χ1n) is 16.5. The van der Waals surface area contributed by atoms with Gasteiger partial charge in [0.2, 0.25) is 0 Å². The first kappa shape index (κ1) is 38.3. The molecule has 2 bridgehead atoms. The fourth-order valence-electron chi connectivity index (χ4n) is 6.43. The number of carboxylic acid groups (broad SMARTS) is 1. The lowest BCUT2D eigenvalue weighted by Gasteiger charge is -2.44. The largest absolute Gasteiger partial charge is 0.493 e. The summed E-state index contributed by atoms with van der Waals surface area (Å²) in [4.78, 5) is 43.4. The van der Waals surface area contributed by atoms with Crippen LogP contribution in [0.5, 0.6) is 11.5 Å². The molecule has 1 N–H and O–H groups in total. The number of methoxy groups -OCH3 is 2. The number of esters is 1. The number of carbonyl (C=O) groups is 3. The summed E-state index contributed by atoms with van der Waals surface area (Å²) < 4.78 is 38.1. The van der Waals surface area contributed by atoms with Crippen LogP contribution in [0.3, 0.4) is 0 Å². The average molecular weight is 755 g/mol. The summed E-state index contributed by atoms with van der Waals surface area (Å²) in [7, 11) is 3.05. The second kappa shape index (κ2) is 18.0. The standard InChI is InChI=1S/C37H36Cl2FN3O6.CH2O2/c1-46-32-11-10-25(17-34(32)47-2)33(18-27-28(38)19-41-20-29(27)39)48-36(44)26-7-5-6-23(16-26)21-43(31-9-4-3-8-30(31)40)37(45)49-35-22-42-14-12-24(35)13-15-42;2-1-3/h3-11,16-17,19-20,24,33,35H,12-15,18,21-22H2,1-2H3;1H,(H,2,3)/t33?,35-;/m0./s1. The van der Waals surface area contributed by atoms with Crippen LogP contribution in [0.2, 0.25) is 10.0 Å². The zero-order valence-corrected chi connectivity index (χ0v) is 30.1. The van der Waals surface area contributed by atoms with Crippen LogP contribution in [0.25, 0.3) is 0 Å². The second-order valence-electron chi connectivity index (χ2n) is 12.2. The van der Waals surface area contributed by atoms with Crippen molar-refractivity contribution in [2.24, 2.45) is 5.92 Å². The number of fused-ring (bicyclic) bond motifs is 3. The third-order valence-corrected chi connectivity index (χ3v) is 9.74. The van der Waals surface area contributed by atoms with E-state index in [0.29, 0.717) is 44.8 Å². The first-order valence-corrected chi connectivity index (χ1v) is 17.2. The zero-order chi connectivity index (χ0) is 37.2. The normalized spacial score (nSPS) is 17.9. The Hall–Kier alpha value is -4.91. The molecule has 0 radical (unpaired) electrons. The topological polar surface area (TPSA) is 128 Å². The summed E-state index contributed by atoms with van der Waals surface area (Å²) in [5.41, 5.74) is 2.07. The quantitative estimate of drug-likeness (QED) is 0.121. The molecule has 3 fully saturated rings. The van der Waals surface area contributed by atoms with Gasteiger partial charge in [0.1, 0.15) is 18.0 Å². The highest BCUT2D eigenvalue weighted by molar-refractivity contribution is 6.35. The molecule has 0 aliphatic carbocycles. The number of carbonyl (C=O) groups excluding carboxylic acids is 2. The van der Waals surface area contributed by atoms with Gasteiger partial charge >= 0.3 is 12.1 Å². The lowest BCUT2D eigenvalue weighted by molar-refractivity contribution is -0.122. The maximum atomic E-state index is 15.1. The number of amides is 1. The maximum absolute atomic E-state index is 15.1. The van der Waals surface area contributed by atoms with E-state index in [0.717, 1.165) is 25.9 Å². The van der Waals surface area contributed by atoms with Gasteiger partial charge in [0, 0.05) is 25.4 Å². The SMILES string of the molecule is COc1ccc(C(Cc2c(Cl)cncc2Cl)OC(=O)c2cccc(CN(C(=O)O[C@H]3CN4CCC3CC4)c3ccccc3F)c2)cc1OC.O=CO. The number of nitrogens with zero attached hydrogens (tertiary/aromatic N) is 3. The summed E-state index contributed by atoms with van der Waals surface area (Å²) in [5.74, 6) is 0.0548. The van der Waals surface area contributed by atoms with Crippen molar-refractivity contribution in [2.75, 3.05) is 38.8 Å². The van der Waals surface area contributed by atoms with E-state index in [-0.39, 0.29) is 42.7 Å². The molecule has 3 aliphatic heterocycles. The van der Waals surface area contributed by atoms with Gasteiger partial charge in [-0.25, -0.2) is 14.0 Å². The molecule has 11 nitrogen and oxygen atoms in total. The Labute approximate surface area is 310 Å². The fourth-order valence-corrected chi connectivity index (χ4v) is 6.95. The van der Waals surface area contributed by atoms with Gasteiger partial charge in [-0.05, 0) is 84.9 Å². The van der Waals surface area contributed by atoms with Gasteiger partial charge in [0.05, 0.1) is 42.1 Å². The highest BCUT2D eigenvalue weighted by Crippen LogP contribution is 2.36. The molecule has 4 heterocycles. The van der Waals surface area contributed by atoms with Crippen LogP contribution in [-0.4, -0.2) is 73.5 Å². The van der Waals surface area contributed by atoms with Gasteiger partial charge in [-0.15, -0.1) is 0 Å². The molecule has 4 aromatic rings. The molecular weight excluding hydrogens is 716 g/mol. The van der Waals surface area contributed by atoms with Crippen molar-refractivity contribution in [2.45, 2.75) is 38.0 Å². The lowest BCUT2D eigenvalue weighted by Crippen LogP contribution is -2.53. The van der Waals surface area contributed by atoms with Crippen LogP contribution in [0.4, 0.5) is 14.9 Å². The number of halogens is 3. The van der Waals surface area contributed by atoms with Crippen LogP contribution in [0.1, 0.15) is 46.0 Å². The van der Waals surface area contributed by atoms with Crippen LogP contribution >= 0.6 is 23.2 Å². The third kappa shape index (κ3) is 9.30. The molecule has 1 aromatic heterocycles. The minimum absolute atomic E-state index is 0.0384. The van der Waals surface area contributed by atoms with Gasteiger partial charge in [0.25, 0.3) is 6.47 Å². The van der Waals surface area contributed by atoms with Crippen LogP contribution < -0.4 is 14.4 Å². The summed E-state index contributed by atoms with van der Waals surface area (Å²) in [6.45, 7) is 2.37. The number of hydrogen-bond acceptors (Lipinski definition) is 9. The van der Waals surface area contributed by atoms with Gasteiger partial charge < -0.3 is 24.1 Å². The van der Waals surface area contributed by atoms with Crippen molar-refractivity contribution >= 4 is 47.4 Å². The molecule has 274 valence electrons. The van der Waals surface area contributed by atoms with Gasteiger partial charge in [0.15, 0.2) is 11.5 Å². The lowest BCUT2D eigenvalue weighted by atomic mass is 9.86. The van der Waals surface area contributed by atoms with E-state index in [1.165, 1.54) is 43.6 Å². The number of ether oxygens (including phenoxy) is 4. The van der Waals surface area contributed by atoms with E-state index < -0.39 is 24.0 Å². The Morgan fingerprint density at radius 3 is 2.33 bits per heavy atom. The zero-order valence-electron chi connectivity index (χ0n) is 28.5. The van der Waals surface area contributed by atoms with Gasteiger partial charge in [-0.2, -0.15) is 0 Å². The molecule has 0 spiro atoms. The number of hydrogen-bond donors (Lipinski definition) is 1. The number of aromatic nitrogens is 1. The minimum Gasteiger partial charge on any atom is -0.493 e. The summed E-state index contributed by atoms with van der Waals surface area (Å²) in [5, 5.41) is 7.55. The summed E-state index contributed by atoms with van der Waals surface area (Å²) >= 11 is 12.9. The Bertz CT molecular complexity index is 1850.